The van der Waals surface area contributed by atoms with Crippen molar-refractivity contribution in [3.05, 3.63) is 29.0 Å². The van der Waals surface area contributed by atoms with Gasteiger partial charge in [0.05, 0.1) is 0 Å². The molecule has 3 rings (SSSR count). The van der Waals surface area contributed by atoms with E-state index in [1.807, 2.05) is 19.9 Å². The quantitative estimate of drug-likeness (QED) is 0.831. The molecule has 0 radical (unpaired) electrons. The first-order valence-electron chi connectivity index (χ1n) is 6.96. The summed E-state index contributed by atoms with van der Waals surface area (Å²) in [6.45, 7) is 4.05. The maximum atomic E-state index is 10.1. The normalized spacial score (nSPS) is 15.5. The third kappa shape index (κ3) is 2.14. The smallest absolute Gasteiger partial charge is 0.135 e. The van der Waals surface area contributed by atoms with Crippen LogP contribution in [0.4, 0.5) is 0 Å². The molecule has 1 aromatic heterocycles. The van der Waals surface area contributed by atoms with Gasteiger partial charge in [-0.3, -0.25) is 4.99 Å². The Kier molecular flexibility index (Phi) is 3.05. The van der Waals surface area contributed by atoms with Gasteiger partial charge in [0.15, 0.2) is 0 Å². The summed E-state index contributed by atoms with van der Waals surface area (Å²) >= 11 is 0. The molecule has 0 spiro atoms. The third-order valence-corrected chi connectivity index (χ3v) is 3.64. The molecule has 0 saturated carbocycles. The maximum absolute atomic E-state index is 10.1. The first-order valence-corrected chi connectivity index (χ1v) is 6.96. The van der Waals surface area contributed by atoms with Crippen LogP contribution in [0.15, 0.2) is 21.5 Å². The fourth-order valence-electron chi connectivity index (χ4n) is 2.73. The lowest BCUT2D eigenvalue weighted by atomic mass is 9.94. The first-order chi connectivity index (χ1) is 9.16. The van der Waals surface area contributed by atoms with Crippen LogP contribution in [0.5, 0.6) is 5.75 Å². The topological polar surface area (TPSA) is 45.7 Å². The van der Waals surface area contributed by atoms with Gasteiger partial charge in [0, 0.05) is 35.2 Å². The summed E-state index contributed by atoms with van der Waals surface area (Å²) in [5.41, 5.74) is 2.94. The van der Waals surface area contributed by atoms with Crippen LogP contribution >= 0.6 is 0 Å². The number of phenols is 1. The van der Waals surface area contributed by atoms with Crippen LogP contribution in [0.2, 0.25) is 0 Å². The summed E-state index contributed by atoms with van der Waals surface area (Å²) in [5.74, 6) is 1.37. The highest BCUT2D eigenvalue weighted by molar-refractivity contribution is 6.03. The molecular formula is C16H19NO2. The number of hydrogen-bond donors (Lipinski definition) is 1. The minimum Gasteiger partial charge on any atom is -0.507 e. The zero-order valence-electron chi connectivity index (χ0n) is 11.4. The molecule has 0 unspecified atom stereocenters. The lowest BCUT2D eigenvalue weighted by molar-refractivity contribution is 0.474. The van der Waals surface area contributed by atoms with Crippen molar-refractivity contribution in [3.63, 3.8) is 0 Å². The average molecular weight is 257 g/mol. The van der Waals surface area contributed by atoms with Crippen LogP contribution < -0.4 is 0 Å². The molecule has 0 amide bonds. The van der Waals surface area contributed by atoms with E-state index >= 15 is 0 Å². The van der Waals surface area contributed by atoms with Gasteiger partial charge in [0.2, 0.25) is 0 Å². The van der Waals surface area contributed by atoms with E-state index in [9.17, 15) is 5.11 Å². The number of fused-ring (bicyclic) bond motifs is 3. The fraction of sp³-hybridized carbons (Fsp3) is 0.438. The van der Waals surface area contributed by atoms with Gasteiger partial charge in [-0.25, -0.2) is 0 Å². The molecule has 2 aromatic rings. The Morgan fingerprint density at radius 3 is 2.84 bits per heavy atom. The number of nitrogens with zero attached hydrogens (tertiary/aromatic N) is 1. The Labute approximate surface area is 113 Å². The Balaban J connectivity index is 2.23. The Morgan fingerprint density at radius 1 is 1.26 bits per heavy atom. The molecule has 0 fully saturated rings. The standard InChI is InChI=1S/C16H19NO2/c1-10(2)17-9-12-13(18)7-8-15-16(12)11-5-3-4-6-14(11)19-15/h7-10,18H,3-6H2,1-2H3. The molecule has 0 bridgehead atoms. The highest BCUT2D eigenvalue weighted by Crippen LogP contribution is 2.36. The van der Waals surface area contributed by atoms with E-state index in [2.05, 4.69) is 4.99 Å². The molecule has 100 valence electrons. The Hall–Kier alpha value is -1.77. The highest BCUT2D eigenvalue weighted by atomic mass is 16.3. The van der Waals surface area contributed by atoms with E-state index in [0.29, 0.717) is 0 Å². The molecule has 0 saturated heterocycles. The number of aryl methyl sites for hydroxylation is 2. The number of aromatic hydroxyl groups is 1. The summed E-state index contributed by atoms with van der Waals surface area (Å²) in [5, 5.41) is 11.2. The van der Waals surface area contributed by atoms with Crippen LogP contribution in [-0.4, -0.2) is 17.4 Å². The van der Waals surface area contributed by atoms with Crippen molar-refractivity contribution in [1.82, 2.24) is 0 Å². The second-order valence-electron chi connectivity index (χ2n) is 5.45. The highest BCUT2D eigenvalue weighted by Gasteiger charge is 2.21. The minimum absolute atomic E-state index is 0.220. The molecule has 1 heterocycles. The van der Waals surface area contributed by atoms with Crippen LogP contribution in [0.3, 0.4) is 0 Å². The van der Waals surface area contributed by atoms with Crippen molar-refractivity contribution >= 4 is 17.2 Å². The van der Waals surface area contributed by atoms with Crippen molar-refractivity contribution < 1.29 is 9.52 Å². The van der Waals surface area contributed by atoms with E-state index in [1.54, 1.807) is 12.3 Å². The lowest BCUT2D eigenvalue weighted by Crippen LogP contribution is -2.00. The fourth-order valence-corrected chi connectivity index (χ4v) is 2.73. The molecule has 1 aliphatic carbocycles. The number of furan rings is 1. The second-order valence-corrected chi connectivity index (χ2v) is 5.45. The average Bonchev–Trinajstić information content (AvgIpc) is 2.76. The second kappa shape index (κ2) is 4.72. The molecule has 1 aliphatic rings. The molecule has 19 heavy (non-hydrogen) atoms. The van der Waals surface area contributed by atoms with E-state index in [1.165, 1.54) is 18.4 Å². The first kappa shape index (κ1) is 12.3. The number of aliphatic imine (C=N–C) groups is 1. The van der Waals surface area contributed by atoms with Crippen molar-refractivity contribution in [3.8, 4) is 5.75 Å². The number of rotatable bonds is 2. The van der Waals surface area contributed by atoms with Gasteiger partial charge in [-0.2, -0.15) is 0 Å². The Bertz CT molecular complexity index is 638. The van der Waals surface area contributed by atoms with Crippen LogP contribution in [0, 0.1) is 0 Å². The predicted octanol–water partition coefficient (Wildman–Crippen LogP) is 3.84. The van der Waals surface area contributed by atoms with Gasteiger partial charge >= 0.3 is 0 Å². The minimum atomic E-state index is 0.220. The van der Waals surface area contributed by atoms with Gasteiger partial charge in [-0.05, 0) is 45.2 Å². The Morgan fingerprint density at radius 2 is 2.05 bits per heavy atom. The van der Waals surface area contributed by atoms with Crippen molar-refractivity contribution in [2.24, 2.45) is 4.99 Å². The van der Waals surface area contributed by atoms with Gasteiger partial charge < -0.3 is 9.52 Å². The molecular weight excluding hydrogens is 238 g/mol. The van der Waals surface area contributed by atoms with Gasteiger partial charge in [-0.15, -0.1) is 0 Å². The van der Waals surface area contributed by atoms with Crippen molar-refractivity contribution in [2.45, 2.75) is 45.6 Å². The summed E-state index contributed by atoms with van der Waals surface area (Å²) in [7, 11) is 0. The van der Waals surface area contributed by atoms with Crippen LogP contribution in [0.25, 0.3) is 11.0 Å². The third-order valence-electron chi connectivity index (χ3n) is 3.64. The van der Waals surface area contributed by atoms with Crippen molar-refractivity contribution in [1.29, 1.82) is 0 Å². The molecule has 0 aliphatic heterocycles. The monoisotopic (exact) mass is 257 g/mol. The molecule has 3 nitrogen and oxygen atoms in total. The SMILES string of the molecule is CC(C)N=Cc1c(O)ccc2oc3c(c12)CCCC3. The number of benzene rings is 1. The summed E-state index contributed by atoms with van der Waals surface area (Å²) in [4.78, 5) is 4.41. The van der Waals surface area contributed by atoms with E-state index in [0.717, 1.165) is 35.1 Å². The van der Waals surface area contributed by atoms with Crippen molar-refractivity contribution in [2.75, 3.05) is 0 Å². The molecule has 1 N–H and O–H groups in total. The zero-order valence-corrected chi connectivity index (χ0v) is 11.4. The largest absolute Gasteiger partial charge is 0.507 e. The summed E-state index contributed by atoms with van der Waals surface area (Å²) in [6.07, 6.45) is 6.21. The van der Waals surface area contributed by atoms with Gasteiger partial charge in [0.25, 0.3) is 0 Å². The molecule has 1 aromatic carbocycles. The van der Waals surface area contributed by atoms with E-state index in [4.69, 9.17) is 4.42 Å². The molecule has 3 heteroatoms. The summed E-state index contributed by atoms with van der Waals surface area (Å²) in [6, 6.07) is 3.77. The number of hydrogen-bond acceptors (Lipinski definition) is 3. The lowest BCUT2D eigenvalue weighted by Gasteiger charge is -2.10. The number of phenolic OH excluding ortho intramolecular Hbond substituents is 1. The van der Waals surface area contributed by atoms with E-state index < -0.39 is 0 Å². The van der Waals surface area contributed by atoms with E-state index in [-0.39, 0.29) is 11.8 Å². The van der Waals surface area contributed by atoms with Crippen LogP contribution in [-0.2, 0) is 12.8 Å². The van der Waals surface area contributed by atoms with Crippen LogP contribution in [0.1, 0.15) is 43.6 Å². The van der Waals surface area contributed by atoms with Gasteiger partial charge in [0.1, 0.15) is 17.1 Å². The van der Waals surface area contributed by atoms with Gasteiger partial charge in [-0.1, -0.05) is 0 Å². The molecule has 0 atom stereocenters. The predicted molar refractivity (Wildman–Crippen MR) is 77.3 cm³/mol. The maximum Gasteiger partial charge on any atom is 0.135 e. The summed E-state index contributed by atoms with van der Waals surface area (Å²) < 4.78 is 5.92. The zero-order chi connectivity index (χ0) is 13.4.